The van der Waals surface area contributed by atoms with Crippen LogP contribution in [0, 0.1) is 11.3 Å². The molecule has 6 heteroatoms. The molecule has 3 aromatic rings. The predicted octanol–water partition coefficient (Wildman–Crippen LogP) is 4.71. The van der Waals surface area contributed by atoms with Gasteiger partial charge in [-0.25, -0.2) is 4.79 Å². The van der Waals surface area contributed by atoms with E-state index in [2.05, 4.69) is 0 Å². The second-order valence-corrected chi connectivity index (χ2v) is 6.67. The molecular weight excluding hydrogens is 370 g/mol. The zero-order chi connectivity index (χ0) is 20.2. The molecule has 1 saturated heterocycles. The average Bonchev–Trinajstić information content (AvgIpc) is 3.55. The smallest absolute Gasteiger partial charge is 0.497 e. The molecule has 0 saturated carbocycles. The van der Waals surface area contributed by atoms with Gasteiger partial charge >= 0.3 is 6.16 Å². The Labute approximate surface area is 168 Å². The lowest BCUT2D eigenvalue weighted by molar-refractivity contribution is 0.0347. The summed E-state index contributed by atoms with van der Waals surface area (Å²) in [5.74, 6) is 0.748. The van der Waals surface area contributed by atoms with Crippen LogP contribution in [0.1, 0.15) is 23.3 Å². The Morgan fingerprint density at radius 2 is 1.86 bits per heavy atom. The van der Waals surface area contributed by atoms with Crippen LogP contribution in [0.2, 0.25) is 0 Å². The van der Waals surface area contributed by atoms with Crippen LogP contribution in [0.15, 0.2) is 66.7 Å². The maximum Gasteiger partial charge on any atom is 0.510 e. The number of nitriles is 1. The molecular formula is C23H19NO5. The van der Waals surface area contributed by atoms with E-state index in [0.29, 0.717) is 5.56 Å². The molecule has 29 heavy (non-hydrogen) atoms. The van der Waals surface area contributed by atoms with Gasteiger partial charge in [0.05, 0.1) is 7.11 Å². The van der Waals surface area contributed by atoms with E-state index in [1.54, 1.807) is 13.2 Å². The highest BCUT2D eigenvalue weighted by molar-refractivity contribution is 5.84. The maximum atomic E-state index is 12.0. The van der Waals surface area contributed by atoms with E-state index in [9.17, 15) is 10.1 Å². The fourth-order valence-corrected chi connectivity index (χ4v) is 3.19. The molecule has 1 aliphatic rings. The van der Waals surface area contributed by atoms with Gasteiger partial charge in [0.2, 0.25) is 6.10 Å². The number of fused-ring (bicyclic) bond motifs is 1. The summed E-state index contributed by atoms with van der Waals surface area (Å²) in [7, 11) is 1.61. The first-order valence-corrected chi connectivity index (χ1v) is 9.19. The first-order chi connectivity index (χ1) is 14.2. The second-order valence-electron chi connectivity index (χ2n) is 6.67. The monoisotopic (exact) mass is 389 g/mol. The molecule has 0 N–H and O–H groups in total. The highest BCUT2D eigenvalue weighted by Gasteiger charge is 2.41. The Morgan fingerprint density at radius 3 is 2.62 bits per heavy atom. The summed E-state index contributed by atoms with van der Waals surface area (Å²) in [5, 5.41) is 11.3. The van der Waals surface area contributed by atoms with Crippen molar-refractivity contribution < 1.29 is 23.7 Å². The molecule has 6 nitrogen and oxygen atoms in total. The van der Waals surface area contributed by atoms with Gasteiger partial charge in [-0.05, 0) is 34.5 Å². The van der Waals surface area contributed by atoms with Crippen LogP contribution in [0.25, 0.3) is 10.8 Å². The molecule has 146 valence electrons. The van der Waals surface area contributed by atoms with Gasteiger partial charge in [0.1, 0.15) is 30.6 Å². The Hall–Kier alpha value is -3.56. The van der Waals surface area contributed by atoms with Gasteiger partial charge in [-0.15, -0.1) is 0 Å². The predicted molar refractivity (Wildman–Crippen MR) is 105 cm³/mol. The molecule has 0 spiro atoms. The minimum atomic E-state index is -1.06. The fourth-order valence-electron chi connectivity index (χ4n) is 3.19. The molecule has 1 heterocycles. The summed E-state index contributed by atoms with van der Waals surface area (Å²) >= 11 is 0. The standard InChI is InChI=1S/C23H19NO5/c1-26-19-10-9-16-11-18(8-7-17(16)12-19)20(13-24)29-23(25)27-14-21-22(28-21)15-5-3-2-4-6-15/h2-12,20-22H,14H2,1H3/t20-,21+,22-/m0/s1. The molecule has 0 radical (unpaired) electrons. The lowest BCUT2D eigenvalue weighted by atomic mass is 10.0. The van der Waals surface area contributed by atoms with E-state index in [1.165, 1.54) is 0 Å². The first-order valence-electron chi connectivity index (χ1n) is 9.19. The Morgan fingerprint density at radius 1 is 1.10 bits per heavy atom. The summed E-state index contributed by atoms with van der Waals surface area (Å²) in [4.78, 5) is 12.0. The van der Waals surface area contributed by atoms with Gasteiger partial charge in [0, 0.05) is 5.56 Å². The number of carbonyl (C=O) groups excluding carboxylic acids is 1. The van der Waals surface area contributed by atoms with Crippen molar-refractivity contribution in [3.05, 3.63) is 77.9 Å². The molecule has 1 fully saturated rings. The van der Waals surface area contributed by atoms with Crippen LogP contribution in [-0.2, 0) is 14.2 Å². The Bertz CT molecular complexity index is 1060. The number of carbonyl (C=O) groups is 1. The van der Waals surface area contributed by atoms with Gasteiger partial charge in [-0.1, -0.05) is 48.5 Å². The van der Waals surface area contributed by atoms with Crippen molar-refractivity contribution in [2.75, 3.05) is 13.7 Å². The number of hydrogen-bond donors (Lipinski definition) is 0. The molecule has 1 aliphatic heterocycles. The largest absolute Gasteiger partial charge is 0.510 e. The fraction of sp³-hybridized carbons (Fsp3) is 0.217. The van der Waals surface area contributed by atoms with Gasteiger partial charge in [-0.2, -0.15) is 5.26 Å². The molecule has 0 aliphatic carbocycles. The quantitative estimate of drug-likeness (QED) is 0.449. The van der Waals surface area contributed by atoms with Gasteiger partial charge in [-0.3, -0.25) is 0 Å². The third-order valence-corrected chi connectivity index (χ3v) is 4.78. The summed E-state index contributed by atoms with van der Waals surface area (Å²) < 4.78 is 21.1. The van der Waals surface area contributed by atoms with Crippen molar-refractivity contribution in [3.63, 3.8) is 0 Å². The van der Waals surface area contributed by atoms with Gasteiger partial charge < -0.3 is 18.9 Å². The summed E-state index contributed by atoms with van der Waals surface area (Å²) in [6.07, 6.45) is -2.22. The van der Waals surface area contributed by atoms with E-state index < -0.39 is 12.3 Å². The minimum Gasteiger partial charge on any atom is -0.497 e. The lowest BCUT2D eigenvalue weighted by Gasteiger charge is -2.12. The van der Waals surface area contributed by atoms with Crippen molar-refractivity contribution in [3.8, 4) is 11.8 Å². The molecule has 0 bridgehead atoms. The first kappa shape index (κ1) is 18.8. The third-order valence-electron chi connectivity index (χ3n) is 4.78. The van der Waals surface area contributed by atoms with Crippen LogP contribution >= 0.6 is 0 Å². The van der Waals surface area contributed by atoms with E-state index >= 15 is 0 Å². The van der Waals surface area contributed by atoms with Crippen LogP contribution in [0.3, 0.4) is 0 Å². The highest BCUT2D eigenvalue weighted by Crippen LogP contribution is 2.38. The van der Waals surface area contributed by atoms with E-state index in [-0.39, 0.29) is 18.8 Å². The van der Waals surface area contributed by atoms with Crippen molar-refractivity contribution >= 4 is 16.9 Å². The average molecular weight is 389 g/mol. The zero-order valence-corrected chi connectivity index (χ0v) is 15.8. The van der Waals surface area contributed by atoms with Crippen LogP contribution in [-0.4, -0.2) is 26.0 Å². The summed E-state index contributed by atoms with van der Waals surface area (Å²) in [6, 6.07) is 22.7. The van der Waals surface area contributed by atoms with Crippen molar-refractivity contribution in [1.82, 2.24) is 0 Å². The number of methoxy groups -OCH3 is 1. The number of nitrogens with zero attached hydrogens (tertiary/aromatic N) is 1. The van der Waals surface area contributed by atoms with Crippen LogP contribution < -0.4 is 4.74 Å². The Balaban J connectivity index is 1.35. The van der Waals surface area contributed by atoms with Crippen molar-refractivity contribution in [1.29, 1.82) is 5.26 Å². The number of ether oxygens (including phenoxy) is 4. The highest BCUT2D eigenvalue weighted by atomic mass is 16.7. The summed E-state index contributed by atoms with van der Waals surface area (Å²) in [5.41, 5.74) is 1.61. The molecule has 3 atom stereocenters. The molecule has 4 rings (SSSR count). The van der Waals surface area contributed by atoms with Crippen molar-refractivity contribution in [2.24, 2.45) is 0 Å². The van der Waals surface area contributed by atoms with E-state index in [4.69, 9.17) is 18.9 Å². The van der Waals surface area contributed by atoms with Gasteiger partial charge in [0.25, 0.3) is 0 Å². The molecule has 0 amide bonds. The van der Waals surface area contributed by atoms with E-state index in [1.807, 2.05) is 66.7 Å². The molecule has 3 aromatic carbocycles. The maximum absolute atomic E-state index is 12.0. The van der Waals surface area contributed by atoms with Crippen molar-refractivity contribution in [2.45, 2.75) is 18.3 Å². The molecule has 0 aromatic heterocycles. The van der Waals surface area contributed by atoms with Gasteiger partial charge in [0.15, 0.2) is 0 Å². The summed E-state index contributed by atoms with van der Waals surface area (Å²) in [6.45, 7) is 0.0774. The topological polar surface area (TPSA) is 81.1 Å². The lowest BCUT2D eigenvalue weighted by Crippen LogP contribution is -2.15. The Kier molecular flexibility index (Phi) is 5.32. The third kappa shape index (κ3) is 4.31. The zero-order valence-electron chi connectivity index (χ0n) is 15.8. The molecule has 0 unspecified atom stereocenters. The second kappa shape index (κ2) is 8.21. The number of benzene rings is 3. The van der Waals surface area contributed by atoms with Crippen LogP contribution in [0.5, 0.6) is 5.75 Å². The normalized spacial score (nSPS) is 18.5. The van der Waals surface area contributed by atoms with E-state index in [0.717, 1.165) is 22.1 Å². The number of rotatable bonds is 6. The minimum absolute atomic E-state index is 0.0757. The number of epoxide rings is 1. The van der Waals surface area contributed by atoms with Crippen LogP contribution in [0.4, 0.5) is 4.79 Å². The SMILES string of the molecule is COc1ccc2cc([C@H](C#N)OC(=O)OC[C@H]3O[C@H]3c3ccccc3)ccc2c1. The number of hydrogen-bond acceptors (Lipinski definition) is 6.